The molecular weight excluding hydrogens is 222 g/mol. The van der Waals surface area contributed by atoms with Gasteiger partial charge >= 0.3 is 0 Å². The molecule has 2 rings (SSSR count). The molecule has 1 heterocycles. The van der Waals surface area contributed by atoms with Crippen LogP contribution in [0.1, 0.15) is 64.8 Å². The van der Waals surface area contributed by atoms with Gasteiger partial charge in [0.05, 0.1) is 0 Å². The molecular formula is C15H27N3. The number of aromatic nitrogens is 2. The summed E-state index contributed by atoms with van der Waals surface area (Å²) < 4.78 is 2.37. The lowest BCUT2D eigenvalue weighted by atomic mass is 9.96. The molecule has 0 saturated heterocycles. The third-order valence-electron chi connectivity index (χ3n) is 3.81. The highest BCUT2D eigenvalue weighted by atomic mass is 15.2. The Labute approximate surface area is 111 Å². The molecule has 1 aliphatic carbocycles. The van der Waals surface area contributed by atoms with Gasteiger partial charge in [-0.3, -0.25) is 0 Å². The molecule has 1 N–H and O–H groups in total. The average molecular weight is 249 g/mol. The Bertz CT molecular complexity index is 335. The van der Waals surface area contributed by atoms with Crippen LogP contribution in [0.4, 0.5) is 5.95 Å². The van der Waals surface area contributed by atoms with Crippen molar-refractivity contribution < 1.29 is 0 Å². The number of anilines is 1. The minimum Gasteiger partial charge on any atom is -0.355 e. The van der Waals surface area contributed by atoms with Crippen molar-refractivity contribution in [3.63, 3.8) is 0 Å². The van der Waals surface area contributed by atoms with Gasteiger partial charge in [-0.05, 0) is 18.8 Å². The second kappa shape index (κ2) is 6.81. The van der Waals surface area contributed by atoms with E-state index in [1.54, 1.807) is 0 Å². The summed E-state index contributed by atoms with van der Waals surface area (Å²) in [4.78, 5) is 4.47. The maximum atomic E-state index is 4.47. The Morgan fingerprint density at radius 3 is 2.56 bits per heavy atom. The number of nitrogens with zero attached hydrogens (tertiary/aromatic N) is 2. The highest BCUT2D eigenvalue weighted by Crippen LogP contribution is 2.28. The molecule has 102 valence electrons. The largest absolute Gasteiger partial charge is 0.355 e. The molecule has 0 aromatic carbocycles. The first-order chi connectivity index (χ1) is 8.77. The van der Waals surface area contributed by atoms with E-state index in [0.717, 1.165) is 12.5 Å². The second-order valence-corrected chi connectivity index (χ2v) is 5.93. The summed E-state index contributed by atoms with van der Waals surface area (Å²) in [6, 6.07) is 0.655. The molecule has 18 heavy (non-hydrogen) atoms. The fraction of sp³-hybridized carbons (Fsp3) is 0.800. The van der Waals surface area contributed by atoms with Crippen LogP contribution in [0.2, 0.25) is 0 Å². The summed E-state index contributed by atoms with van der Waals surface area (Å²) in [6.45, 7) is 5.47. The quantitative estimate of drug-likeness (QED) is 0.865. The summed E-state index contributed by atoms with van der Waals surface area (Å²) >= 11 is 0. The van der Waals surface area contributed by atoms with Crippen molar-refractivity contribution in [1.29, 1.82) is 0 Å². The van der Waals surface area contributed by atoms with E-state index in [9.17, 15) is 0 Å². The Kier molecular flexibility index (Phi) is 5.09. The zero-order valence-electron chi connectivity index (χ0n) is 11.9. The van der Waals surface area contributed by atoms with Crippen LogP contribution in [0.25, 0.3) is 0 Å². The van der Waals surface area contributed by atoms with Crippen LogP contribution in [0.5, 0.6) is 0 Å². The first-order valence-electron chi connectivity index (χ1n) is 7.54. The molecule has 0 aliphatic heterocycles. The van der Waals surface area contributed by atoms with E-state index < -0.39 is 0 Å². The third kappa shape index (κ3) is 3.76. The second-order valence-electron chi connectivity index (χ2n) is 5.93. The van der Waals surface area contributed by atoms with Crippen molar-refractivity contribution >= 4 is 5.95 Å². The lowest BCUT2D eigenvalue weighted by Crippen LogP contribution is -2.16. The molecule has 0 atom stereocenters. The van der Waals surface area contributed by atoms with E-state index in [1.165, 1.54) is 44.9 Å². The van der Waals surface area contributed by atoms with Crippen LogP contribution < -0.4 is 5.32 Å². The van der Waals surface area contributed by atoms with Gasteiger partial charge in [-0.25, -0.2) is 4.98 Å². The molecule has 1 aromatic rings. The van der Waals surface area contributed by atoms with Gasteiger partial charge in [0, 0.05) is 25.0 Å². The van der Waals surface area contributed by atoms with Crippen molar-refractivity contribution in [1.82, 2.24) is 9.55 Å². The van der Waals surface area contributed by atoms with Gasteiger partial charge in [-0.1, -0.05) is 46.0 Å². The molecule has 3 nitrogen and oxygen atoms in total. The molecule has 0 bridgehead atoms. The Balaban J connectivity index is 1.99. The van der Waals surface area contributed by atoms with Crippen LogP contribution in [-0.4, -0.2) is 16.1 Å². The number of imidazole rings is 1. The highest BCUT2D eigenvalue weighted by Gasteiger charge is 2.15. The monoisotopic (exact) mass is 249 g/mol. The minimum atomic E-state index is 0.655. The normalized spacial score (nSPS) is 18.6. The first-order valence-corrected chi connectivity index (χ1v) is 7.54. The van der Waals surface area contributed by atoms with E-state index in [0.29, 0.717) is 12.0 Å². The van der Waals surface area contributed by atoms with Crippen LogP contribution in [0, 0.1) is 5.92 Å². The molecule has 0 amide bonds. The van der Waals surface area contributed by atoms with Gasteiger partial charge < -0.3 is 9.88 Å². The van der Waals surface area contributed by atoms with E-state index in [-0.39, 0.29) is 0 Å². The molecule has 0 radical (unpaired) electrons. The van der Waals surface area contributed by atoms with Crippen LogP contribution in [0.3, 0.4) is 0 Å². The summed E-state index contributed by atoms with van der Waals surface area (Å²) in [5.41, 5.74) is 0. The van der Waals surface area contributed by atoms with Gasteiger partial charge in [0.1, 0.15) is 0 Å². The predicted molar refractivity (Wildman–Crippen MR) is 76.9 cm³/mol. The standard InChI is InChI=1S/C15H27N3/c1-13(2)12-17-15-16-10-11-18(15)14-8-6-4-3-5-7-9-14/h10-11,13-14H,3-9,12H2,1-2H3,(H,16,17). The van der Waals surface area contributed by atoms with Crippen molar-refractivity contribution in [2.24, 2.45) is 5.92 Å². The fourth-order valence-corrected chi connectivity index (χ4v) is 2.75. The lowest BCUT2D eigenvalue weighted by molar-refractivity contribution is 0.374. The maximum Gasteiger partial charge on any atom is 0.203 e. The number of hydrogen-bond acceptors (Lipinski definition) is 2. The van der Waals surface area contributed by atoms with E-state index >= 15 is 0 Å². The van der Waals surface area contributed by atoms with Crippen molar-refractivity contribution in [3.8, 4) is 0 Å². The average Bonchev–Trinajstić information content (AvgIpc) is 2.74. The SMILES string of the molecule is CC(C)CNc1nccn1C1CCCCCCC1. The summed E-state index contributed by atoms with van der Waals surface area (Å²) in [6.07, 6.45) is 13.7. The Morgan fingerprint density at radius 2 is 1.89 bits per heavy atom. The zero-order valence-corrected chi connectivity index (χ0v) is 11.9. The van der Waals surface area contributed by atoms with Crippen molar-refractivity contribution in [3.05, 3.63) is 12.4 Å². The van der Waals surface area contributed by atoms with Crippen molar-refractivity contribution in [2.75, 3.05) is 11.9 Å². The molecule has 3 heteroatoms. The molecule has 1 aliphatic rings. The summed E-state index contributed by atoms with van der Waals surface area (Å²) in [7, 11) is 0. The van der Waals surface area contributed by atoms with Gasteiger partial charge in [-0.15, -0.1) is 0 Å². The van der Waals surface area contributed by atoms with E-state index in [2.05, 4.69) is 34.9 Å². The molecule has 0 spiro atoms. The Hall–Kier alpha value is -0.990. The Morgan fingerprint density at radius 1 is 1.22 bits per heavy atom. The molecule has 1 saturated carbocycles. The smallest absolute Gasteiger partial charge is 0.203 e. The first kappa shape index (κ1) is 13.4. The zero-order chi connectivity index (χ0) is 12.8. The van der Waals surface area contributed by atoms with Crippen LogP contribution in [-0.2, 0) is 0 Å². The lowest BCUT2D eigenvalue weighted by Gasteiger charge is -2.23. The van der Waals surface area contributed by atoms with E-state index in [4.69, 9.17) is 0 Å². The highest BCUT2D eigenvalue weighted by molar-refractivity contribution is 5.26. The fourth-order valence-electron chi connectivity index (χ4n) is 2.75. The summed E-state index contributed by atoms with van der Waals surface area (Å²) in [5.74, 6) is 1.72. The van der Waals surface area contributed by atoms with E-state index in [1.807, 2.05) is 6.20 Å². The van der Waals surface area contributed by atoms with Gasteiger partial charge in [0.25, 0.3) is 0 Å². The number of hydrogen-bond donors (Lipinski definition) is 1. The molecule has 1 aromatic heterocycles. The minimum absolute atomic E-state index is 0.655. The van der Waals surface area contributed by atoms with Gasteiger partial charge in [0.15, 0.2) is 0 Å². The van der Waals surface area contributed by atoms with Gasteiger partial charge in [0.2, 0.25) is 5.95 Å². The third-order valence-corrected chi connectivity index (χ3v) is 3.81. The van der Waals surface area contributed by atoms with Gasteiger partial charge in [-0.2, -0.15) is 0 Å². The van der Waals surface area contributed by atoms with Crippen LogP contribution >= 0.6 is 0 Å². The maximum absolute atomic E-state index is 4.47. The summed E-state index contributed by atoms with van der Waals surface area (Å²) in [5, 5.41) is 3.48. The molecule has 0 unspecified atom stereocenters. The number of rotatable bonds is 4. The predicted octanol–water partition coefficient (Wildman–Crippen LogP) is 4.24. The molecule has 1 fully saturated rings. The number of nitrogens with one attached hydrogen (secondary N) is 1. The van der Waals surface area contributed by atoms with Crippen molar-refractivity contribution in [2.45, 2.75) is 64.8 Å². The topological polar surface area (TPSA) is 29.9 Å². The van der Waals surface area contributed by atoms with Crippen LogP contribution in [0.15, 0.2) is 12.4 Å².